The molecule has 3 N–H and O–H groups in total. The van der Waals surface area contributed by atoms with E-state index in [1.165, 1.54) is 18.2 Å². The Hall–Kier alpha value is -2.37. The molecular weight excluding hydrogens is 213 g/mol. The van der Waals surface area contributed by atoms with Gasteiger partial charge in [-0.05, 0) is 12.1 Å². The van der Waals surface area contributed by atoms with E-state index in [0.717, 1.165) is 12.4 Å². The minimum Gasteiger partial charge on any atom is -0.434 e. The Kier molecular flexibility index (Phi) is 2.55. The second kappa shape index (κ2) is 4.01. The van der Waals surface area contributed by atoms with Gasteiger partial charge in [-0.2, -0.15) is 0 Å². The molecule has 1 heterocycles. The smallest absolute Gasteiger partial charge is 0.254 e. The average Bonchev–Trinajstić information content (AvgIpc) is 2.24. The van der Waals surface area contributed by atoms with Gasteiger partial charge in [0.15, 0.2) is 11.6 Å². The lowest BCUT2D eigenvalue weighted by molar-refractivity contribution is 0.428. The minimum absolute atomic E-state index is 0.0134. The molecule has 6 heteroatoms. The Morgan fingerprint density at radius 1 is 1.44 bits per heavy atom. The maximum atomic E-state index is 13.3. The predicted molar refractivity (Wildman–Crippen MR) is 55.7 cm³/mol. The lowest BCUT2D eigenvalue weighted by Gasteiger charge is -2.07. The summed E-state index contributed by atoms with van der Waals surface area (Å²) in [5.41, 5.74) is 5.28. The normalized spacial score (nSPS) is 10.1. The van der Waals surface area contributed by atoms with Crippen molar-refractivity contribution in [3.05, 3.63) is 46.8 Å². The molecular formula is C10H8FN3O2. The number of hydrogen-bond donors (Lipinski definition) is 2. The van der Waals surface area contributed by atoms with Crippen LogP contribution in [0.4, 0.5) is 10.1 Å². The first-order valence-electron chi connectivity index (χ1n) is 4.43. The maximum Gasteiger partial charge on any atom is 0.254 e. The summed E-state index contributed by atoms with van der Waals surface area (Å²) in [4.78, 5) is 17.0. The van der Waals surface area contributed by atoms with Crippen molar-refractivity contribution in [2.45, 2.75) is 0 Å². The van der Waals surface area contributed by atoms with Gasteiger partial charge in [-0.3, -0.25) is 4.79 Å². The fourth-order valence-corrected chi connectivity index (χ4v) is 1.14. The number of halogens is 1. The van der Waals surface area contributed by atoms with Crippen LogP contribution in [-0.4, -0.2) is 9.97 Å². The second-order valence-electron chi connectivity index (χ2n) is 3.01. The van der Waals surface area contributed by atoms with Crippen LogP contribution in [0.3, 0.4) is 0 Å². The highest BCUT2D eigenvalue weighted by Crippen LogP contribution is 2.28. The highest BCUT2D eigenvalue weighted by Gasteiger charge is 2.09. The standard InChI is InChI=1S/C10H8FN3O2/c11-6-2-1-3-7(12)10(6)16-9-4-8(15)13-5-14-9/h1-5H,12H2,(H,13,14,15). The molecule has 0 saturated heterocycles. The fourth-order valence-electron chi connectivity index (χ4n) is 1.14. The summed E-state index contributed by atoms with van der Waals surface area (Å²) < 4.78 is 18.4. The number of anilines is 1. The largest absolute Gasteiger partial charge is 0.434 e. The van der Waals surface area contributed by atoms with Crippen LogP contribution in [0.15, 0.2) is 35.4 Å². The summed E-state index contributed by atoms with van der Waals surface area (Å²) >= 11 is 0. The van der Waals surface area contributed by atoms with Gasteiger partial charge >= 0.3 is 0 Å². The fraction of sp³-hybridized carbons (Fsp3) is 0. The van der Waals surface area contributed by atoms with E-state index in [9.17, 15) is 9.18 Å². The van der Waals surface area contributed by atoms with Gasteiger partial charge in [0.2, 0.25) is 5.88 Å². The van der Waals surface area contributed by atoms with Crippen LogP contribution in [0.2, 0.25) is 0 Å². The summed E-state index contributed by atoms with van der Waals surface area (Å²) in [6, 6.07) is 5.26. The van der Waals surface area contributed by atoms with E-state index in [1.807, 2.05) is 0 Å². The second-order valence-corrected chi connectivity index (χ2v) is 3.01. The average molecular weight is 221 g/mol. The molecule has 0 atom stereocenters. The first-order chi connectivity index (χ1) is 7.66. The third-order valence-corrected chi connectivity index (χ3v) is 1.86. The zero-order chi connectivity index (χ0) is 11.5. The summed E-state index contributed by atoms with van der Waals surface area (Å²) in [7, 11) is 0. The highest BCUT2D eigenvalue weighted by molar-refractivity contribution is 5.53. The molecule has 5 nitrogen and oxygen atoms in total. The van der Waals surface area contributed by atoms with E-state index in [4.69, 9.17) is 10.5 Å². The van der Waals surface area contributed by atoms with Crippen molar-refractivity contribution in [3.8, 4) is 11.6 Å². The van der Waals surface area contributed by atoms with Crippen molar-refractivity contribution in [2.24, 2.45) is 0 Å². The SMILES string of the molecule is Nc1cccc(F)c1Oc1cc(=O)[nH]cn1. The number of nitrogens with two attached hydrogens (primary N) is 1. The Balaban J connectivity index is 2.38. The molecule has 0 amide bonds. The molecule has 0 aliphatic carbocycles. The van der Waals surface area contributed by atoms with E-state index in [2.05, 4.69) is 9.97 Å². The van der Waals surface area contributed by atoms with Gasteiger partial charge in [0, 0.05) is 0 Å². The number of nitrogen functional groups attached to an aromatic ring is 1. The Morgan fingerprint density at radius 3 is 2.94 bits per heavy atom. The van der Waals surface area contributed by atoms with Crippen LogP contribution in [-0.2, 0) is 0 Å². The molecule has 0 fully saturated rings. The summed E-state index contributed by atoms with van der Waals surface area (Å²) in [5.74, 6) is -0.761. The number of nitrogens with zero attached hydrogens (tertiary/aromatic N) is 1. The van der Waals surface area contributed by atoms with Crippen molar-refractivity contribution < 1.29 is 9.13 Å². The van der Waals surface area contributed by atoms with Crippen molar-refractivity contribution >= 4 is 5.69 Å². The van der Waals surface area contributed by atoms with Crippen LogP contribution in [0, 0.1) is 5.82 Å². The Bertz CT molecular complexity index is 548. The van der Waals surface area contributed by atoms with Gasteiger partial charge in [0.05, 0.1) is 18.1 Å². The number of H-pyrrole nitrogens is 1. The molecule has 2 aromatic rings. The molecule has 0 unspecified atom stereocenters. The lowest BCUT2D eigenvalue weighted by Crippen LogP contribution is -2.05. The summed E-state index contributed by atoms with van der Waals surface area (Å²) in [6.45, 7) is 0. The van der Waals surface area contributed by atoms with Crippen molar-refractivity contribution in [1.29, 1.82) is 0 Å². The number of aromatic amines is 1. The topological polar surface area (TPSA) is 81.0 Å². The number of ether oxygens (including phenoxy) is 1. The third kappa shape index (κ3) is 2.00. The van der Waals surface area contributed by atoms with E-state index in [-0.39, 0.29) is 22.9 Å². The van der Waals surface area contributed by atoms with Crippen LogP contribution >= 0.6 is 0 Å². The van der Waals surface area contributed by atoms with Crippen molar-refractivity contribution in [2.75, 3.05) is 5.73 Å². The van der Waals surface area contributed by atoms with Crippen LogP contribution in [0.1, 0.15) is 0 Å². The molecule has 0 aliphatic rings. The van der Waals surface area contributed by atoms with Gasteiger partial charge in [0.25, 0.3) is 5.56 Å². The third-order valence-electron chi connectivity index (χ3n) is 1.86. The number of aromatic nitrogens is 2. The number of rotatable bonds is 2. The zero-order valence-corrected chi connectivity index (χ0v) is 8.11. The maximum absolute atomic E-state index is 13.3. The quantitative estimate of drug-likeness (QED) is 0.748. The molecule has 1 aromatic heterocycles. The minimum atomic E-state index is -0.609. The van der Waals surface area contributed by atoms with Gasteiger partial charge in [-0.1, -0.05) is 6.07 Å². The molecule has 0 saturated carbocycles. The molecule has 16 heavy (non-hydrogen) atoms. The molecule has 82 valence electrons. The molecule has 0 bridgehead atoms. The summed E-state index contributed by atoms with van der Waals surface area (Å²) in [5, 5.41) is 0. The van der Waals surface area contributed by atoms with Crippen LogP contribution < -0.4 is 16.0 Å². The van der Waals surface area contributed by atoms with E-state index < -0.39 is 5.82 Å². The number of benzene rings is 1. The van der Waals surface area contributed by atoms with E-state index in [0.29, 0.717) is 0 Å². The molecule has 0 radical (unpaired) electrons. The first kappa shape index (κ1) is 10.2. The van der Waals surface area contributed by atoms with Gasteiger partial charge in [-0.15, -0.1) is 0 Å². The highest BCUT2D eigenvalue weighted by atomic mass is 19.1. The molecule has 1 aromatic carbocycles. The Morgan fingerprint density at radius 2 is 2.25 bits per heavy atom. The summed E-state index contributed by atoms with van der Waals surface area (Å²) in [6.07, 6.45) is 1.16. The van der Waals surface area contributed by atoms with E-state index >= 15 is 0 Å². The lowest BCUT2D eigenvalue weighted by atomic mass is 10.3. The molecule has 2 rings (SSSR count). The van der Waals surface area contributed by atoms with Crippen molar-refractivity contribution in [1.82, 2.24) is 9.97 Å². The number of nitrogens with one attached hydrogen (secondary N) is 1. The molecule has 0 spiro atoms. The molecule has 0 aliphatic heterocycles. The monoisotopic (exact) mass is 221 g/mol. The zero-order valence-electron chi connectivity index (χ0n) is 8.11. The van der Waals surface area contributed by atoms with Gasteiger partial charge in [0.1, 0.15) is 0 Å². The predicted octanol–water partition coefficient (Wildman–Crippen LogP) is 1.28. The van der Waals surface area contributed by atoms with Crippen molar-refractivity contribution in [3.63, 3.8) is 0 Å². The van der Waals surface area contributed by atoms with E-state index in [1.54, 1.807) is 0 Å². The van der Waals surface area contributed by atoms with Crippen LogP contribution in [0.25, 0.3) is 0 Å². The first-order valence-corrected chi connectivity index (χ1v) is 4.43. The van der Waals surface area contributed by atoms with Crippen LogP contribution in [0.5, 0.6) is 11.6 Å². The van der Waals surface area contributed by atoms with Gasteiger partial charge in [-0.25, -0.2) is 9.37 Å². The Labute approximate surface area is 89.7 Å². The number of para-hydroxylation sites is 1. The number of hydrogen-bond acceptors (Lipinski definition) is 4. The van der Waals surface area contributed by atoms with Gasteiger partial charge < -0.3 is 15.5 Å².